The van der Waals surface area contributed by atoms with E-state index in [0.717, 1.165) is 30.5 Å². The summed E-state index contributed by atoms with van der Waals surface area (Å²) in [5.41, 5.74) is 0.498. The maximum atomic E-state index is 13.7. The fourth-order valence-corrected chi connectivity index (χ4v) is 4.12. The van der Waals surface area contributed by atoms with Crippen LogP contribution in [0.25, 0.3) is 22.3 Å². The lowest BCUT2D eigenvalue weighted by atomic mass is 10.2. The number of halogens is 3. The maximum absolute atomic E-state index is 13.7. The van der Waals surface area contributed by atoms with Crippen molar-refractivity contribution >= 4 is 34.3 Å². The molecule has 1 aliphatic carbocycles. The third-order valence-electron chi connectivity index (χ3n) is 4.72. The molecule has 2 heterocycles. The summed E-state index contributed by atoms with van der Waals surface area (Å²) in [6, 6.07) is 8.90. The zero-order chi connectivity index (χ0) is 20.8. The van der Waals surface area contributed by atoms with E-state index in [9.17, 15) is 13.6 Å². The van der Waals surface area contributed by atoms with Crippen LogP contribution in [0.2, 0.25) is 5.02 Å². The van der Waals surface area contributed by atoms with Crippen molar-refractivity contribution in [1.29, 1.82) is 0 Å². The van der Waals surface area contributed by atoms with Gasteiger partial charge in [0.15, 0.2) is 16.8 Å². The van der Waals surface area contributed by atoms with Crippen LogP contribution in [0.1, 0.15) is 24.8 Å². The molecule has 1 fully saturated rings. The van der Waals surface area contributed by atoms with Crippen LogP contribution in [0.4, 0.5) is 8.78 Å². The Morgan fingerprint density at radius 3 is 2.60 bits per heavy atom. The van der Waals surface area contributed by atoms with E-state index in [1.807, 2.05) is 0 Å². The summed E-state index contributed by atoms with van der Waals surface area (Å²) in [4.78, 5) is 21.6. The highest BCUT2D eigenvalue weighted by atomic mass is 35.5. The molecule has 1 aliphatic rings. The third-order valence-corrected chi connectivity index (χ3v) is 5.91. The minimum atomic E-state index is -1.07. The normalized spacial score (nSPS) is 13.8. The Bertz CT molecular complexity index is 1320. The Morgan fingerprint density at radius 1 is 1.13 bits per heavy atom. The first-order valence-electron chi connectivity index (χ1n) is 9.12. The summed E-state index contributed by atoms with van der Waals surface area (Å²) in [7, 11) is 0. The van der Waals surface area contributed by atoms with Crippen LogP contribution in [0.3, 0.4) is 0 Å². The van der Waals surface area contributed by atoms with E-state index in [4.69, 9.17) is 16.1 Å². The second-order valence-electron chi connectivity index (χ2n) is 6.89. The second-order valence-corrected chi connectivity index (χ2v) is 8.27. The van der Waals surface area contributed by atoms with Gasteiger partial charge in [-0.3, -0.25) is 9.36 Å². The first-order chi connectivity index (χ1) is 14.5. The first-order valence-corrected chi connectivity index (χ1v) is 10.5. The molecule has 0 atom stereocenters. The van der Waals surface area contributed by atoms with E-state index < -0.39 is 11.6 Å². The number of aromatic nitrogens is 4. The van der Waals surface area contributed by atoms with E-state index in [-0.39, 0.29) is 28.3 Å². The lowest BCUT2D eigenvalue weighted by molar-refractivity contribution is 0.391. The van der Waals surface area contributed by atoms with Gasteiger partial charge in [0.1, 0.15) is 0 Å². The van der Waals surface area contributed by atoms with Crippen LogP contribution in [-0.2, 0) is 5.75 Å². The van der Waals surface area contributed by atoms with E-state index in [1.165, 1.54) is 11.8 Å². The number of benzene rings is 2. The second kappa shape index (κ2) is 7.48. The van der Waals surface area contributed by atoms with Crippen LogP contribution < -0.4 is 5.56 Å². The highest BCUT2D eigenvalue weighted by Gasteiger charge is 2.29. The molecule has 0 unspecified atom stereocenters. The van der Waals surface area contributed by atoms with Gasteiger partial charge < -0.3 is 4.52 Å². The zero-order valence-corrected chi connectivity index (χ0v) is 16.9. The van der Waals surface area contributed by atoms with Gasteiger partial charge in [-0.25, -0.2) is 13.8 Å². The summed E-state index contributed by atoms with van der Waals surface area (Å²) in [6.45, 7) is 0. The molecular formula is C20H13ClF2N4O2S. The molecule has 0 spiro atoms. The monoisotopic (exact) mass is 446 g/mol. The van der Waals surface area contributed by atoms with Crippen LogP contribution in [0, 0.1) is 11.6 Å². The van der Waals surface area contributed by atoms with Crippen molar-refractivity contribution in [3.05, 3.63) is 69.3 Å². The SMILES string of the molecule is O=c1c2cc(F)c(F)cc2nc(SCc2nc(-c3ccc(Cl)cc3)no2)n1C1CC1. The molecule has 152 valence electrons. The largest absolute Gasteiger partial charge is 0.338 e. The highest BCUT2D eigenvalue weighted by molar-refractivity contribution is 7.98. The molecule has 0 radical (unpaired) electrons. The van der Waals surface area contributed by atoms with Crippen LogP contribution in [0.15, 0.2) is 50.9 Å². The van der Waals surface area contributed by atoms with Crippen molar-refractivity contribution in [3.8, 4) is 11.4 Å². The molecule has 0 saturated heterocycles. The minimum Gasteiger partial charge on any atom is -0.338 e. The lowest BCUT2D eigenvalue weighted by Crippen LogP contribution is -2.22. The van der Waals surface area contributed by atoms with Crippen LogP contribution in [0.5, 0.6) is 0 Å². The molecule has 1 saturated carbocycles. The summed E-state index contributed by atoms with van der Waals surface area (Å²) in [5, 5.41) is 5.04. The topological polar surface area (TPSA) is 73.8 Å². The van der Waals surface area contributed by atoms with E-state index in [2.05, 4.69) is 15.1 Å². The molecule has 0 N–H and O–H groups in total. The van der Waals surface area contributed by atoms with Gasteiger partial charge in [0.25, 0.3) is 5.56 Å². The standard InChI is InChI=1S/C20H13ClF2N4O2S/c21-11-3-1-10(2-4-11)18-25-17(29-26-18)9-30-20-24-16-8-15(23)14(22)7-13(16)19(28)27(20)12-5-6-12/h1-4,7-8,12H,5-6,9H2. The molecule has 30 heavy (non-hydrogen) atoms. The Balaban J connectivity index is 1.45. The predicted octanol–water partition coefficient (Wildman–Crippen LogP) is 5.01. The fourth-order valence-electron chi connectivity index (χ4n) is 3.09. The van der Waals surface area contributed by atoms with E-state index in [0.29, 0.717) is 21.9 Å². The molecule has 2 aromatic heterocycles. The quantitative estimate of drug-likeness (QED) is 0.317. The van der Waals surface area contributed by atoms with Crippen molar-refractivity contribution in [2.45, 2.75) is 29.8 Å². The molecule has 0 bridgehead atoms. The Hall–Kier alpha value is -2.78. The van der Waals surface area contributed by atoms with Gasteiger partial charge in [0.2, 0.25) is 11.7 Å². The van der Waals surface area contributed by atoms with Crippen molar-refractivity contribution in [1.82, 2.24) is 19.7 Å². The molecule has 5 rings (SSSR count). The fraction of sp³-hybridized carbons (Fsp3) is 0.200. The number of rotatable bonds is 5. The minimum absolute atomic E-state index is 0.0114. The molecule has 0 amide bonds. The van der Waals surface area contributed by atoms with Gasteiger partial charge in [-0.1, -0.05) is 28.5 Å². The number of fused-ring (bicyclic) bond motifs is 1. The van der Waals surface area contributed by atoms with Crippen LogP contribution >= 0.6 is 23.4 Å². The van der Waals surface area contributed by atoms with Crippen molar-refractivity contribution < 1.29 is 13.3 Å². The Labute approximate surface area is 177 Å². The van der Waals surface area contributed by atoms with E-state index in [1.54, 1.807) is 28.8 Å². The first kappa shape index (κ1) is 19.2. The van der Waals surface area contributed by atoms with E-state index >= 15 is 0 Å². The zero-order valence-electron chi connectivity index (χ0n) is 15.3. The lowest BCUT2D eigenvalue weighted by Gasteiger charge is -2.11. The molecular weight excluding hydrogens is 434 g/mol. The van der Waals surface area contributed by atoms with Gasteiger partial charge in [-0.2, -0.15) is 4.98 Å². The highest BCUT2D eigenvalue weighted by Crippen LogP contribution is 2.37. The molecule has 4 aromatic rings. The molecule has 6 nitrogen and oxygen atoms in total. The van der Waals surface area contributed by atoms with Gasteiger partial charge in [0.05, 0.1) is 16.7 Å². The number of nitrogens with zero attached hydrogens (tertiary/aromatic N) is 4. The molecule has 2 aromatic carbocycles. The molecule has 10 heteroatoms. The average Bonchev–Trinajstić information content (AvgIpc) is 3.45. The van der Waals surface area contributed by atoms with Crippen molar-refractivity contribution in [2.24, 2.45) is 0 Å². The maximum Gasteiger partial charge on any atom is 0.262 e. The van der Waals surface area contributed by atoms with Gasteiger partial charge in [-0.15, -0.1) is 0 Å². The van der Waals surface area contributed by atoms with Crippen molar-refractivity contribution in [2.75, 3.05) is 0 Å². The van der Waals surface area contributed by atoms with Gasteiger partial charge in [-0.05, 0) is 43.2 Å². The summed E-state index contributed by atoms with van der Waals surface area (Å²) in [5.74, 6) is -1.06. The number of thioether (sulfide) groups is 1. The number of hydrogen-bond acceptors (Lipinski definition) is 6. The molecule has 0 aliphatic heterocycles. The van der Waals surface area contributed by atoms with Crippen LogP contribution in [-0.4, -0.2) is 19.7 Å². The summed E-state index contributed by atoms with van der Waals surface area (Å²) < 4.78 is 34.1. The third kappa shape index (κ3) is 3.59. The van der Waals surface area contributed by atoms with Gasteiger partial charge in [0, 0.05) is 22.7 Å². The van der Waals surface area contributed by atoms with Crippen molar-refractivity contribution in [3.63, 3.8) is 0 Å². The average molecular weight is 447 g/mol. The Kier molecular flexibility index (Phi) is 4.79. The predicted molar refractivity (Wildman–Crippen MR) is 108 cm³/mol. The smallest absolute Gasteiger partial charge is 0.262 e. The van der Waals surface area contributed by atoms with Gasteiger partial charge >= 0.3 is 0 Å². The summed E-state index contributed by atoms with van der Waals surface area (Å²) >= 11 is 7.13. The number of hydrogen-bond donors (Lipinski definition) is 0. The summed E-state index contributed by atoms with van der Waals surface area (Å²) in [6.07, 6.45) is 1.68. The Morgan fingerprint density at radius 2 is 1.87 bits per heavy atom.